The Hall–Kier alpha value is -1.72. The molecule has 1 aliphatic carbocycles. The van der Waals surface area contributed by atoms with Crippen LogP contribution in [-0.2, 0) is 4.79 Å². The lowest BCUT2D eigenvalue weighted by Crippen LogP contribution is -2.20. The Labute approximate surface area is 108 Å². The van der Waals surface area contributed by atoms with Gasteiger partial charge in [-0.3, -0.25) is 4.79 Å². The van der Waals surface area contributed by atoms with Crippen LogP contribution in [-0.4, -0.2) is 17.3 Å². The summed E-state index contributed by atoms with van der Waals surface area (Å²) in [5, 5.41) is 9.41. The number of halogens is 3. The van der Waals surface area contributed by atoms with Gasteiger partial charge in [0.05, 0.1) is 0 Å². The summed E-state index contributed by atoms with van der Waals surface area (Å²) in [7, 11) is 0. The highest BCUT2D eigenvalue weighted by molar-refractivity contribution is 5.79. The summed E-state index contributed by atoms with van der Waals surface area (Å²) in [4.78, 5) is 11.2. The van der Waals surface area contributed by atoms with Crippen LogP contribution in [0.4, 0.5) is 13.2 Å². The minimum atomic E-state index is -4.77. The molecular weight excluding hydrogens is 261 g/mol. The highest BCUT2D eigenvalue weighted by Gasteiger charge is 2.33. The van der Waals surface area contributed by atoms with Crippen molar-refractivity contribution < 1.29 is 27.8 Å². The number of rotatable bonds is 2. The van der Waals surface area contributed by atoms with Gasteiger partial charge in [-0.05, 0) is 37.0 Å². The quantitative estimate of drug-likeness (QED) is 0.897. The average Bonchev–Trinajstić information content (AvgIpc) is 2.31. The lowest BCUT2D eigenvalue weighted by molar-refractivity contribution is -0.275. The van der Waals surface area contributed by atoms with E-state index in [1.807, 2.05) is 0 Å². The van der Waals surface area contributed by atoms with Crippen LogP contribution in [0.15, 0.2) is 18.2 Å². The molecule has 1 aliphatic rings. The fraction of sp³-hybridized carbons (Fsp3) is 0.462. The van der Waals surface area contributed by atoms with Crippen LogP contribution in [0.1, 0.15) is 37.2 Å². The molecule has 0 spiro atoms. The van der Waals surface area contributed by atoms with Crippen LogP contribution in [0.3, 0.4) is 0 Å². The topological polar surface area (TPSA) is 46.5 Å². The van der Waals surface area contributed by atoms with Crippen LogP contribution in [0, 0.1) is 0 Å². The first-order valence-electron chi connectivity index (χ1n) is 5.95. The Balaban J connectivity index is 2.27. The third-order valence-electron chi connectivity index (χ3n) is 3.20. The van der Waals surface area contributed by atoms with Crippen molar-refractivity contribution in [2.45, 2.75) is 38.0 Å². The van der Waals surface area contributed by atoms with Gasteiger partial charge in [-0.1, -0.05) is 0 Å². The highest BCUT2D eigenvalue weighted by atomic mass is 19.4. The number of aromatic hydroxyl groups is 1. The van der Waals surface area contributed by atoms with Gasteiger partial charge in [-0.2, -0.15) is 0 Å². The number of benzene rings is 1. The Morgan fingerprint density at radius 1 is 1.21 bits per heavy atom. The zero-order valence-electron chi connectivity index (χ0n) is 10.0. The molecule has 1 fully saturated rings. The first-order valence-corrected chi connectivity index (χ1v) is 5.95. The number of hydrogen-bond donors (Lipinski definition) is 1. The molecule has 1 aromatic carbocycles. The summed E-state index contributed by atoms with van der Waals surface area (Å²) in [6.07, 6.45) is -3.10. The van der Waals surface area contributed by atoms with Crippen LogP contribution in [0.5, 0.6) is 11.5 Å². The lowest BCUT2D eigenvalue weighted by Gasteiger charge is -2.24. The Morgan fingerprint density at radius 3 is 2.42 bits per heavy atom. The van der Waals surface area contributed by atoms with Crippen molar-refractivity contribution in [2.24, 2.45) is 0 Å². The van der Waals surface area contributed by atoms with E-state index in [4.69, 9.17) is 0 Å². The van der Waals surface area contributed by atoms with Crippen molar-refractivity contribution >= 4 is 5.78 Å². The van der Waals surface area contributed by atoms with Gasteiger partial charge in [0.2, 0.25) is 0 Å². The molecule has 6 heteroatoms. The monoisotopic (exact) mass is 274 g/mol. The standard InChI is InChI=1S/C13H13F3O3/c14-13(15,16)19-12-6-5-10(18)7-11(12)8-1-3-9(17)4-2-8/h5-8,18H,1-4H2. The van der Waals surface area contributed by atoms with Crippen molar-refractivity contribution in [1.82, 2.24) is 0 Å². The fourth-order valence-electron chi connectivity index (χ4n) is 2.32. The maximum atomic E-state index is 12.3. The van der Waals surface area contributed by atoms with E-state index in [0.29, 0.717) is 31.2 Å². The Bertz CT molecular complexity index is 473. The van der Waals surface area contributed by atoms with E-state index >= 15 is 0 Å². The van der Waals surface area contributed by atoms with Gasteiger partial charge in [0.1, 0.15) is 17.3 Å². The van der Waals surface area contributed by atoms with E-state index in [2.05, 4.69) is 4.74 Å². The number of carbonyl (C=O) groups excluding carboxylic acids is 1. The van der Waals surface area contributed by atoms with Gasteiger partial charge in [-0.15, -0.1) is 13.2 Å². The van der Waals surface area contributed by atoms with Gasteiger partial charge in [0.15, 0.2) is 0 Å². The number of Topliss-reactive ketones (excluding diaryl/α,β-unsaturated/α-hetero) is 1. The van der Waals surface area contributed by atoms with Gasteiger partial charge in [-0.25, -0.2) is 0 Å². The number of phenols is 1. The van der Waals surface area contributed by atoms with Crippen molar-refractivity contribution in [3.63, 3.8) is 0 Å². The number of phenolic OH excluding ortho intramolecular Hbond substituents is 1. The number of hydrogen-bond acceptors (Lipinski definition) is 3. The molecule has 1 saturated carbocycles. The zero-order chi connectivity index (χ0) is 14.0. The van der Waals surface area contributed by atoms with Crippen molar-refractivity contribution in [1.29, 1.82) is 0 Å². The second-order valence-corrected chi connectivity index (χ2v) is 4.58. The second kappa shape index (κ2) is 5.11. The predicted molar refractivity (Wildman–Crippen MR) is 61.0 cm³/mol. The molecule has 0 heterocycles. The van der Waals surface area contributed by atoms with Crippen LogP contribution < -0.4 is 4.74 Å². The highest BCUT2D eigenvalue weighted by Crippen LogP contribution is 2.39. The molecule has 0 atom stereocenters. The van der Waals surface area contributed by atoms with E-state index in [-0.39, 0.29) is 23.2 Å². The third kappa shape index (κ3) is 3.62. The minimum Gasteiger partial charge on any atom is -0.508 e. The molecule has 0 radical (unpaired) electrons. The second-order valence-electron chi connectivity index (χ2n) is 4.58. The van der Waals surface area contributed by atoms with E-state index < -0.39 is 6.36 Å². The molecule has 0 aromatic heterocycles. The summed E-state index contributed by atoms with van der Waals surface area (Å²) in [6, 6.07) is 3.54. The largest absolute Gasteiger partial charge is 0.573 e. The summed E-state index contributed by atoms with van der Waals surface area (Å²) in [5.74, 6) is -0.483. The number of carbonyl (C=O) groups is 1. The summed E-state index contributed by atoms with van der Waals surface area (Å²) < 4.78 is 40.9. The predicted octanol–water partition coefficient (Wildman–Crippen LogP) is 3.52. The van der Waals surface area contributed by atoms with E-state index in [1.165, 1.54) is 6.07 Å². The van der Waals surface area contributed by atoms with Crippen LogP contribution >= 0.6 is 0 Å². The van der Waals surface area contributed by atoms with Crippen molar-refractivity contribution in [2.75, 3.05) is 0 Å². The molecule has 0 saturated heterocycles. The molecule has 3 nitrogen and oxygen atoms in total. The average molecular weight is 274 g/mol. The molecule has 0 amide bonds. The Morgan fingerprint density at radius 2 is 1.84 bits per heavy atom. The first kappa shape index (κ1) is 13.7. The van der Waals surface area contributed by atoms with E-state index in [9.17, 15) is 23.1 Å². The lowest BCUT2D eigenvalue weighted by atomic mass is 9.83. The molecule has 19 heavy (non-hydrogen) atoms. The maximum absolute atomic E-state index is 12.3. The maximum Gasteiger partial charge on any atom is 0.573 e. The number of ketones is 1. The fourth-order valence-corrected chi connectivity index (χ4v) is 2.32. The summed E-state index contributed by atoms with van der Waals surface area (Å²) in [5.41, 5.74) is 0.310. The van der Waals surface area contributed by atoms with Crippen LogP contribution in [0.2, 0.25) is 0 Å². The summed E-state index contributed by atoms with van der Waals surface area (Å²) in [6.45, 7) is 0. The molecule has 2 rings (SSSR count). The van der Waals surface area contributed by atoms with E-state index in [1.54, 1.807) is 0 Å². The number of ether oxygens (including phenoxy) is 1. The van der Waals surface area contributed by atoms with Crippen LogP contribution in [0.25, 0.3) is 0 Å². The number of alkyl halides is 3. The molecule has 0 aliphatic heterocycles. The molecule has 1 N–H and O–H groups in total. The SMILES string of the molecule is O=C1CCC(c2cc(O)ccc2OC(F)(F)F)CC1. The first-order chi connectivity index (χ1) is 8.85. The van der Waals surface area contributed by atoms with E-state index in [0.717, 1.165) is 12.1 Å². The Kier molecular flexibility index (Phi) is 3.68. The molecule has 0 unspecified atom stereocenters. The zero-order valence-corrected chi connectivity index (χ0v) is 10.0. The molecule has 0 bridgehead atoms. The van der Waals surface area contributed by atoms with Gasteiger partial charge < -0.3 is 9.84 Å². The molecule has 104 valence electrons. The van der Waals surface area contributed by atoms with Crippen molar-refractivity contribution in [3.05, 3.63) is 23.8 Å². The normalized spacial score (nSPS) is 17.5. The minimum absolute atomic E-state index is 0.110. The van der Waals surface area contributed by atoms with Gasteiger partial charge >= 0.3 is 6.36 Å². The van der Waals surface area contributed by atoms with Gasteiger partial charge in [0, 0.05) is 18.4 Å². The smallest absolute Gasteiger partial charge is 0.508 e. The molecule has 1 aromatic rings. The summed E-state index contributed by atoms with van der Waals surface area (Å²) >= 11 is 0. The molecular formula is C13H13F3O3. The van der Waals surface area contributed by atoms with Gasteiger partial charge in [0.25, 0.3) is 0 Å². The third-order valence-corrected chi connectivity index (χ3v) is 3.20. The van der Waals surface area contributed by atoms with Crippen molar-refractivity contribution in [3.8, 4) is 11.5 Å².